The quantitative estimate of drug-likeness (QED) is 0.670. The van der Waals surface area contributed by atoms with Crippen molar-refractivity contribution in [3.05, 3.63) is 66.4 Å². The lowest BCUT2D eigenvalue weighted by Crippen LogP contribution is -2.48. The Bertz CT molecular complexity index is 1050. The zero-order chi connectivity index (χ0) is 20.1. The first-order chi connectivity index (χ1) is 14.3. The van der Waals surface area contributed by atoms with Crippen molar-refractivity contribution < 1.29 is 4.74 Å². The van der Waals surface area contributed by atoms with E-state index in [4.69, 9.17) is 14.7 Å². The Balaban J connectivity index is 1.58. The van der Waals surface area contributed by atoms with Crippen molar-refractivity contribution in [3.8, 4) is 11.8 Å². The smallest absolute Gasteiger partial charge is 0.204 e. The molecule has 0 spiro atoms. The van der Waals surface area contributed by atoms with Gasteiger partial charge in [0.1, 0.15) is 5.75 Å². The van der Waals surface area contributed by atoms with Crippen LogP contribution in [-0.4, -0.2) is 30.6 Å². The highest BCUT2D eigenvalue weighted by Crippen LogP contribution is 2.31. The van der Waals surface area contributed by atoms with Crippen LogP contribution in [0.2, 0.25) is 0 Å². The number of anilines is 1. The van der Waals surface area contributed by atoms with Gasteiger partial charge in [-0.1, -0.05) is 35.6 Å². The zero-order valence-electron chi connectivity index (χ0n) is 16.1. The van der Waals surface area contributed by atoms with Gasteiger partial charge in [-0.05, 0) is 42.3 Å². The molecule has 0 radical (unpaired) electrons. The Morgan fingerprint density at radius 2 is 2.07 bits per heavy atom. The van der Waals surface area contributed by atoms with Crippen LogP contribution in [0.25, 0.3) is 10.2 Å². The van der Waals surface area contributed by atoms with Gasteiger partial charge in [0, 0.05) is 12.7 Å². The molecular weight excluding hydrogens is 382 g/mol. The largest absolute Gasteiger partial charge is 0.497 e. The third kappa shape index (κ3) is 4.23. The van der Waals surface area contributed by atoms with E-state index in [1.807, 2.05) is 47.5 Å². The van der Waals surface area contributed by atoms with E-state index in [-0.39, 0.29) is 6.04 Å². The Hall–Kier alpha value is -3.37. The molecule has 3 aromatic rings. The number of ether oxygens (including phenoxy) is 1. The van der Waals surface area contributed by atoms with E-state index in [1.165, 1.54) is 5.56 Å². The molecule has 1 atom stereocenters. The van der Waals surface area contributed by atoms with E-state index in [9.17, 15) is 5.26 Å². The SMILES string of the molecule is COc1ccc(CCN=C2NC=CC(CC#N)N2c2nc3ccccc3s2)cc1. The number of hydrogen-bond donors (Lipinski definition) is 1. The van der Waals surface area contributed by atoms with E-state index in [0.29, 0.717) is 13.0 Å². The molecule has 6 nitrogen and oxygen atoms in total. The van der Waals surface area contributed by atoms with Crippen LogP contribution in [0.4, 0.5) is 5.13 Å². The molecule has 1 N–H and O–H groups in total. The molecule has 1 unspecified atom stereocenters. The fraction of sp³-hybridized carbons (Fsp3) is 0.227. The molecule has 0 amide bonds. The first-order valence-corrected chi connectivity index (χ1v) is 10.2. The van der Waals surface area contributed by atoms with Crippen molar-refractivity contribution in [1.29, 1.82) is 5.26 Å². The van der Waals surface area contributed by atoms with Gasteiger partial charge in [0.25, 0.3) is 0 Å². The van der Waals surface area contributed by atoms with Crippen LogP contribution in [0, 0.1) is 11.3 Å². The molecule has 0 saturated heterocycles. The molecule has 0 bridgehead atoms. The number of nitrogens with one attached hydrogen (secondary N) is 1. The minimum absolute atomic E-state index is 0.0958. The van der Waals surface area contributed by atoms with Gasteiger partial charge >= 0.3 is 0 Å². The van der Waals surface area contributed by atoms with E-state index < -0.39 is 0 Å². The van der Waals surface area contributed by atoms with Gasteiger partial charge < -0.3 is 10.1 Å². The summed E-state index contributed by atoms with van der Waals surface area (Å²) in [4.78, 5) is 11.6. The van der Waals surface area contributed by atoms with Crippen LogP contribution < -0.4 is 15.0 Å². The molecule has 2 aromatic carbocycles. The number of methoxy groups -OCH3 is 1. The van der Waals surface area contributed by atoms with E-state index in [0.717, 1.165) is 33.5 Å². The van der Waals surface area contributed by atoms with Gasteiger partial charge in [-0.2, -0.15) is 5.26 Å². The van der Waals surface area contributed by atoms with Gasteiger partial charge in [0.2, 0.25) is 5.96 Å². The number of thiazole rings is 1. The van der Waals surface area contributed by atoms with E-state index in [1.54, 1.807) is 18.4 Å². The fourth-order valence-electron chi connectivity index (χ4n) is 3.20. The van der Waals surface area contributed by atoms with Gasteiger partial charge in [0.15, 0.2) is 5.13 Å². The van der Waals surface area contributed by atoms with E-state index >= 15 is 0 Å². The molecule has 146 valence electrons. The molecule has 0 fully saturated rings. The summed E-state index contributed by atoms with van der Waals surface area (Å²) in [5.74, 6) is 1.57. The molecule has 7 heteroatoms. The van der Waals surface area contributed by atoms with Crippen molar-refractivity contribution in [1.82, 2.24) is 10.3 Å². The van der Waals surface area contributed by atoms with Crippen LogP contribution in [0.1, 0.15) is 12.0 Å². The molecular formula is C22H21N5OS. The number of aliphatic imine (C=N–C) groups is 1. The van der Waals surface area contributed by atoms with Crippen molar-refractivity contribution in [3.63, 3.8) is 0 Å². The molecule has 4 rings (SSSR count). The number of fused-ring (bicyclic) bond motifs is 1. The summed E-state index contributed by atoms with van der Waals surface area (Å²) in [6.07, 6.45) is 5.02. The summed E-state index contributed by atoms with van der Waals surface area (Å²) in [5, 5.41) is 13.4. The predicted molar refractivity (Wildman–Crippen MR) is 117 cm³/mol. The molecule has 0 saturated carbocycles. The molecule has 1 aromatic heterocycles. The second kappa shape index (κ2) is 8.76. The van der Waals surface area contributed by atoms with E-state index in [2.05, 4.69) is 29.6 Å². The minimum atomic E-state index is -0.0958. The number of aromatic nitrogens is 1. The Morgan fingerprint density at radius 1 is 1.24 bits per heavy atom. The summed E-state index contributed by atoms with van der Waals surface area (Å²) in [6, 6.07) is 18.3. The fourth-order valence-corrected chi connectivity index (χ4v) is 4.23. The number of nitrogens with zero attached hydrogens (tertiary/aromatic N) is 4. The average molecular weight is 404 g/mol. The molecule has 1 aliphatic heterocycles. The highest BCUT2D eigenvalue weighted by molar-refractivity contribution is 7.22. The maximum atomic E-state index is 9.28. The lowest BCUT2D eigenvalue weighted by molar-refractivity contribution is 0.414. The van der Waals surface area contributed by atoms with Crippen molar-refractivity contribution in [2.45, 2.75) is 18.9 Å². The number of para-hydroxylation sites is 1. The van der Waals surface area contributed by atoms with Gasteiger partial charge in [-0.3, -0.25) is 9.89 Å². The standard InChI is InChI=1S/C22H21N5OS/c1-28-18-8-6-16(7-9-18)11-14-24-21-25-15-12-17(10-13-23)27(21)22-26-19-4-2-3-5-20(19)29-22/h2-9,12,15,17H,10-11,14H2,1H3,(H,24,25). The van der Waals surface area contributed by atoms with Crippen molar-refractivity contribution in [2.75, 3.05) is 18.6 Å². The highest BCUT2D eigenvalue weighted by Gasteiger charge is 2.27. The second-order valence-electron chi connectivity index (χ2n) is 6.57. The first-order valence-electron chi connectivity index (χ1n) is 9.41. The van der Waals surface area contributed by atoms with Crippen LogP contribution >= 0.6 is 11.3 Å². The molecule has 29 heavy (non-hydrogen) atoms. The normalized spacial score (nSPS) is 17.3. The Kier molecular flexibility index (Phi) is 5.73. The van der Waals surface area contributed by atoms with Crippen molar-refractivity contribution in [2.24, 2.45) is 4.99 Å². The van der Waals surface area contributed by atoms with Gasteiger partial charge in [0.05, 0.1) is 35.9 Å². The van der Waals surface area contributed by atoms with Crippen LogP contribution in [-0.2, 0) is 6.42 Å². The molecule has 0 aliphatic carbocycles. The van der Waals surface area contributed by atoms with Crippen molar-refractivity contribution >= 4 is 32.6 Å². The van der Waals surface area contributed by atoms with Crippen LogP contribution in [0.5, 0.6) is 5.75 Å². The molecule has 2 heterocycles. The molecule has 1 aliphatic rings. The number of hydrogen-bond acceptors (Lipinski definition) is 5. The lowest BCUT2D eigenvalue weighted by Gasteiger charge is -2.32. The Morgan fingerprint density at radius 3 is 2.83 bits per heavy atom. The predicted octanol–water partition coefficient (Wildman–Crippen LogP) is 4.11. The topological polar surface area (TPSA) is 73.5 Å². The number of rotatable bonds is 6. The number of benzene rings is 2. The lowest BCUT2D eigenvalue weighted by atomic mass is 10.1. The average Bonchev–Trinajstić information content (AvgIpc) is 3.18. The first kappa shape index (κ1) is 19.0. The minimum Gasteiger partial charge on any atom is -0.497 e. The third-order valence-electron chi connectivity index (χ3n) is 4.70. The summed E-state index contributed by atoms with van der Waals surface area (Å²) in [6.45, 7) is 0.628. The number of nitriles is 1. The summed E-state index contributed by atoms with van der Waals surface area (Å²) in [5.41, 5.74) is 2.15. The summed E-state index contributed by atoms with van der Waals surface area (Å²) >= 11 is 1.61. The zero-order valence-corrected chi connectivity index (χ0v) is 16.9. The summed E-state index contributed by atoms with van der Waals surface area (Å²) in [7, 11) is 1.66. The maximum Gasteiger partial charge on any atom is 0.204 e. The third-order valence-corrected chi connectivity index (χ3v) is 5.74. The summed E-state index contributed by atoms with van der Waals surface area (Å²) < 4.78 is 6.32. The van der Waals surface area contributed by atoms with Gasteiger partial charge in [-0.25, -0.2) is 4.98 Å². The second-order valence-corrected chi connectivity index (χ2v) is 7.58. The number of guanidine groups is 1. The maximum absolute atomic E-state index is 9.28. The Labute approximate surface area is 173 Å². The highest BCUT2D eigenvalue weighted by atomic mass is 32.1. The van der Waals surface area contributed by atoms with Crippen LogP contribution in [0.15, 0.2) is 65.8 Å². The van der Waals surface area contributed by atoms with Crippen LogP contribution in [0.3, 0.4) is 0 Å². The monoisotopic (exact) mass is 403 g/mol. The van der Waals surface area contributed by atoms with Gasteiger partial charge in [-0.15, -0.1) is 0 Å².